The SMILES string of the molecule is N#CCN(CC#N)C(=O)Cn1cc(C(=O)O)nn1. The van der Waals surface area contributed by atoms with Crippen molar-refractivity contribution in [2.45, 2.75) is 6.54 Å². The first-order valence-corrected chi connectivity index (χ1v) is 4.73. The Labute approximate surface area is 101 Å². The molecule has 0 aliphatic carbocycles. The number of aromatic nitrogens is 3. The Morgan fingerprint density at radius 2 is 2.00 bits per heavy atom. The van der Waals surface area contributed by atoms with Crippen LogP contribution in [0.3, 0.4) is 0 Å². The highest BCUT2D eigenvalue weighted by Gasteiger charge is 2.15. The van der Waals surface area contributed by atoms with Crippen molar-refractivity contribution in [1.82, 2.24) is 19.9 Å². The molecule has 0 atom stereocenters. The molecule has 0 saturated carbocycles. The average Bonchev–Trinajstić information content (AvgIpc) is 2.77. The molecule has 1 aromatic rings. The molecule has 0 spiro atoms. The van der Waals surface area contributed by atoms with Gasteiger partial charge >= 0.3 is 5.97 Å². The molecule has 9 nitrogen and oxygen atoms in total. The Morgan fingerprint density at radius 1 is 1.39 bits per heavy atom. The number of hydrogen-bond acceptors (Lipinski definition) is 6. The smallest absolute Gasteiger partial charge is 0.358 e. The lowest BCUT2D eigenvalue weighted by Crippen LogP contribution is -2.34. The van der Waals surface area contributed by atoms with Crippen LogP contribution in [0.1, 0.15) is 10.5 Å². The molecule has 0 aromatic carbocycles. The molecule has 0 saturated heterocycles. The van der Waals surface area contributed by atoms with Crippen LogP contribution in [0.15, 0.2) is 6.20 Å². The molecule has 1 aromatic heterocycles. The van der Waals surface area contributed by atoms with E-state index in [9.17, 15) is 9.59 Å². The predicted molar refractivity (Wildman–Crippen MR) is 54.8 cm³/mol. The molecular weight excluding hydrogens is 240 g/mol. The fraction of sp³-hybridized carbons (Fsp3) is 0.333. The van der Waals surface area contributed by atoms with Gasteiger partial charge < -0.3 is 10.0 Å². The summed E-state index contributed by atoms with van der Waals surface area (Å²) >= 11 is 0. The maximum absolute atomic E-state index is 11.7. The summed E-state index contributed by atoms with van der Waals surface area (Å²) in [6.45, 7) is -0.705. The summed E-state index contributed by atoms with van der Waals surface area (Å²) in [5.74, 6) is -1.76. The maximum atomic E-state index is 11.7. The molecule has 0 fully saturated rings. The summed E-state index contributed by atoms with van der Waals surface area (Å²) < 4.78 is 1.04. The van der Waals surface area contributed by atoms with Gasteiger partial charge in [0.05, 0.1) is 18.3 Å². The topological polar surface area (TPSA) is 136 Å². The molecule has 18 heavy (non-hydrogen) atoms. The highest BCUT2D eigenvalue weighted by Crippen LogP contribution is 1.96. The number of nitrogens with zero attached hydrogens (tertiary/aromatic N) is 6. The van der Waals surface area contributed by atoms with Crippen LogP contribution in [0.4, 0.5) is 0 Å². The normalized spacial score (nSPS) is 9.22. The summed E-state index contributed by atoms with van der Waals surface area (Å²) in [7, 11) is 0. The van der Waals surface area contributed by atoms with E-state index in [-0.39, 0.29) is 25.3 Å². The minimum atomic E-state index is -1.25. The standard InChI is InChI=1S/C9H8N6O3/c10-1-3-14(4-2-11)8(16)6-15-5-7(9(17)18)12-13-15/h5H,3-4,6H2,(H,17,18). The fourth-order valence-corrected chi connectivity index (χ4v) is 1.12. The van der Waals surface area contributed by atoms with E-state index in [4.69, 9.17) is 15.6 Å². The zero-order valence-corrected chi connectivity index (χ0v) is 9.15. The Hall–Kier alpha value is -2.94. The second kappa shape index (κ2) is 5.96. The first-order chi connectivity index (χ1) is 8.58. The number of carbonyl (C=O) groups is 2. The highest BCUT2D eigenvalue weighted by atomic mass is 16.4. The quantitative estimate of drug-likeness (QED) is 0.649. The minimum Gasteiger partial charge on any atom is -0.476 e. The van der Waals surface area contributed by atoms with Crippen LogP contribution in [-0.4, -0.2) is 50.0 Å². The molecule has 0 aliphatic rings. The zero-order chi connectivity index (χ0) is 13.5. The van der Waals surface area contributed by atoms with E-state index in [2.05, 4.69) is 10.3 Å². The molecule has 0 unspecified atom stereocenters. The number of hydrogen-bond donors (Lipinski definition) is 1. The molecule has 0 bridgehead atoms. The average molecular weight is 248 g/mol. The van der Waals surface area contributed by atoms with Gasteiger partial charge in [0.1, 0.15) is 19.6 Å². The number of amides is 1. The molecule has 1 amide bonds. The van der Waals surface area contributed by atoms with Gasteiger partial charge in [0.2, 0.25) is 5.91 Å². The first kappa shape index (κ1) is 13.1. The lowest BCUT2D eigenvalue weighted by atomic mass is 10.4. The van der Waals surface area contributed by atoms with Crippen molar-refractivity contribution < 1.29 is 14.7 Å². The number of carbonyl (C=O) groups excluding carboxylic acids is 1. The summed E-state index contributed by atoms with van der Waals surface area (Å²) in [6.07, 6.45) is 1.09. The zero-order valence-electron chi connectivity index (χ0n) is 9.15. The number of rotatable bonds is 5. The molecule has 1 heterocycles. The fourth-order valence-electron chi connectivity index (χ4n) is 1.12. The third kappa shape index (κ3) is 3.28. The van der Waals surface area contributed by atoms with Crippen molar-refractivity contribution >= 4 is 11.9 Å². The van der Waals surface area contributed by atoms with Gasteiger partial charge in [-0.3, -0.25) is 4.79 Å². The molecule has 1 rings (SSSR count). The van der Waals surface area contributed by atoms with Crippen LogP contribution in [0.5, 0.6) is 0 Å². The van der Waals surface area contributed by atoms with E-state index in [1.807, 2.05) is 0 Å². The van der Waals surface area contributed by atoms with Gasteiger partial charge in [-0.15, -0.1) is 5.10 Å². The Morgan fingerprint density at radius 3 is 2.44 bits per heavy atom. The van der Waals surface area contributed by atoms with E-state index < -0.39 is 11.9 Å². The molecule has 0 radical (unpaired) electrons. The van der Waals surface area contributed by atoms with Crippen molar-refractivity contribution in [2.75, 3.05) is 13.1 Å². The molecule has 0 aliphatic heterocycles. The van der Waals surface area contributed by atoms with Crippen molar-refractivity contribution in [3.63, 3.8) is 0 Å². The summed E-state index contributed by atoms with van der Waals surface area (Å²) in [4.78, 5) is 23.2. The van der Waals surface area contributed by atoms with E-state index >= 15 is 0 Å². The van der Waals surface area contributed by atoms with Crippen molar-refractivity contribution in [1.29, 1.82) is 10.5 Å². The third-order valence-electron chi connectivity index (χ3n) is 1.93. The molecule has 9 heteroatoms. The van der Waals surface area contributed by atoms with E-state index in [0.717, 1.165) is 15.8 Å². The first-order valence-electron chi connectivity index (χ1n) is 4.73. The lowest BCUT2D eigenvalue weighted by Gasteiger charge is -2.14. The number of aromatic carboxylic acids is 1. The minimum absolute atomic E-state index is 0.215. The van der Waals surface area contributed by atoms with E-state index in [1.165, 1.54) is 0 Å². The summed E-state index contributed by atoms with van der Waals surface area (Å²) in [5.41, 5.74) is -0.282. The van der Waals surface area contributed by atoms with Gasteiger partial charge in [0.15, 0.2) is 5.69 Å². The highest BCUT2D eigenvalue weighted by molar-refractivity contribution is 5.84. The van der Waals surface area contributed by atoms with Crippen LogP contribution < -0.4 is 0 Å². The second-order valence-electron chi connectivity index (χ2n) is 3.17. The maximum Gasteiger partial charge on any atom is 0.358 e. The summed E-state index contributed by atoms with van der Waals surface area (Å²) in [5, 5.41) is 32.4. The van der Waals surface area contributed by atoms with Crippen molar-refractivity contribution in [3.05, 3.63) is 11.9 Å². The largest absolute Gasteiger partial charge is 0.476 e. The Balaban J connectivity index is 2.70. The van der Waals surface area contributed by atoms with Gasteiger partial charge in [-0.25, -0.2) is 9.48 Å². The Kier molecular flexibility index (Phi) is 4.35. The van der Waals surface area contributed by atoms with Gasteiger partial charge in [-0.05, 0) is 0 Å². The summed E-state index contributed by atoms with van der Waals surface area (Å²) in [6, 6.07) is 3.51. The predicted octanol–water partition coefficient (Wildman–Crippen LogP) is -1.15. The number of nitriles is 2. The van der Waals surface area contributed by atoms with Crippen LogP contribution in [-0.2, 0) is 11.3 Å². The number of carboxylic acids is 1. The van der Waals surface area contributed by atoms with Gasteiger partial charge in [0.25, 0.3) is 0 Å². The lowest BCUT2D eigenvalue weighted by molar-refractivity contribution is -0.130. The van der Waals surface area contributed by atoms with Crippen LogP contribution >= 0.6 is 0 Å². The van der Waals surface area contributed by atoms with Gasteiger partial charge in [-0.2, -0.15) is 10.5 Å². The Bertz CT molecular complexity index is 521. The molecular formula is C9H8N6O3. The van der Waals surface area contributed by atoms with Crippen LogP contribution in [0.2, 0.25) is 0 Å². The van der Waals surface area contributed by atoms with Crippen molar-refractivity contribution in [3.8, 4) is 12.1 Å². The monoisotopic (exact) mass is 248 g/mol. The molecule has 92 valence electrons. The molecule has 1 N–H and O–H groups in total. The second-order valence-corrected chi connectivity index (χ2v) is 3.17. The van der Waals surface area contributed by atoms with Crippen molar-refractivity contribution in [2.24, 2.45) is 0 Å². The van der Waals surface area contributed by atoms with E-state index in [1.54, 1.807) is 12.1 Å². The van der Waals surface area contributed by atoms with Crippen LogP contribution in [0.25, 0.3) is 0 Å². The van der Waals surface area contributed by atoms with Crippen LogP contribution in [0, 0.1) is 22.7 Å². The third-order valence-corrected chi connectivity index (χ3v) is 1.93. The number of carboxylic acid groups (broad SMARTS) is 1. The van der Waals surface area contributed by atoms with Gasteiger partial charge in [0, 0.05) is 0 Å². The van der Waals surface area contributed by atoms with E-state index in [0.29, 0.717) is 0 Å². The van der Waals surface area contributed by atoms with Gasteiger partial charge in [-0.1, -0.05) is 5.21 Å².